The molecule has 0 saturated heterocycles. The maximum absolute atomic E-state index is 8.84. The normalized spacial score (nSPS) is 10.5. The van der Waals surface area contributed by atoms with E-state index < -0.39 is 0 Å². The maximum Gasteiger partial charge on any atom is 0.258 e. The first-order chi connectivity index (χ1) is 7.35. The van der Waals surface area contributed by atoms with Crippen LogP contribution in [-0.4, -0.2) is 15.2 Å². The van der Waals surface area contributed by atoms with Crippen LogP contribution in [0.2, 0.25) is 0 Å². The summed E-state index contributed by atoms with van der Waals surface area (Å²) in [5.41, 5.74) is 2.10. The van der Waals surface area contributed by atoms with E-state index in [1.165, 1.54) is 0 Å². The summed E-state index contributed by atoms with van der Waals surface area (Å²) in [5, 5.41) is 12.5. The summed E-state index contributed by atoms with van der Waals surface area (Å²) in [7, 11) is 0. The van der Waals surface area contributed by atoms with Crippen molar-refractivity contribution < 1.29 is 9.63 Å². The average Bonchev–Trinajstić information content (AvgIpc) is 2.77. The van der Waals surface area contributed by atoms with Crippen molar-refractivity contribution in [2.45, 2.75) is 20.0 Å². The van der Waals surface area contributed by atoms with E-state index in [2.05, 4.69) is 17.1 Å². The van der Waals surface area contributed by atoms with Gasteiger partial charge in [0.25, 0.3) is 5.89 Å². The van der Waals surface area contributed by atoms with Crippen molar-refractivity contribution in [1.29, 1.82) is 0 Å². The zero-order valence-electron chi connectivity index (χ0n) is 8.47. The molecule has 0 radical (unpaired) electrons. The molecule has 15 heavy (non-hydrogen) atoms. The number of aliphatic hydroxyl groups is 1. The Hall–Kier alpha value is -1.68. The summed E-state index contributed by atoms with van der Waals surface area (Å²) < 4.78 is 5.06. The Balaban J connectivity index is 2.44. The minimum absolute atomic E-state index is 0.197. The average molecular weight is 204 g/mol. The lowest BCUT2D eigenvalue weighted by Crippen LogP contribution is -1.88. The van der Waals surface area contributed by atoms with Gasteiger partial charge in [-0.2, -0.15) is 4.98 Å². The van der Waals surface area contributed by atoms with E-state index >= 15 is 0 Å². The van der Waals surface area contributed by atoms with Gasteiger partial charge in [-0.15, -0.1) is 0 Å². The lowest BCUT2D eigenvalue weighted by atomic mass is 10.1. The van der Waals surface area contributed by atoms with Crippen molar-refractivity contribution in [2.75, 3.05) is 0 Å². The standard InChI is InChI=1S/C11H12N2O2/c1-2-8-5-3-4-6-9(8)11-12-10(7-14)13-15-11/h3-6,14H,2,7H2,1H3. The summed E-state index contributed by atoms with van der Waals surface area (Å²) in [6.45, 7) is 1.87. The molecule has 0 fully saturated rings. The fourth-order valence-corrected chi connectivity index (χ4v) is 1.46. The van der Waals surface area contributed by atoms with Crippen LogP contribution >= 0.6 is 0 Å². The largest absolute Gasteiger partial charge is 0.388 e. The van der Waals surface area contributed by atoms with E-state index in [1.54, 1.807) is 0 Å². The molecule has 1 aromatic carbocycles. The molecule has 1 heterocycles. The first kappa shape index (κ1) is 9.86. The Morgan fingerprint density at radius 3 is 2.80 bits per heavy atom. The molecule has 0 aliphatic heterocycles. The predicted octanol–water partition coefficient (Wildman–Crippen LogP) is 1.79. The summed E-state index contributed by atoms with van der Waals surface area (Å²) in [6, 6.07) is 7.87. The van der Waals surface area contributed by atoms with Crippen molar-refractivity contribution in [3.63, 3.8) is 0 Å². The van der Waals surface area contributed by atoms with Crippen molar-refractivity contribution in [1.82, 2.24) is 10.1 Å². The summed E-state index contributed by atoms with van der Waals surface area (Å²) in [5.74, 6) is 0.785. The highest BCUT2D eigenvalue weighted by atomic mass is 16.5. The molecule has 0 amide bonds. The number of rotatable bonds is 3. The maximum atomic E-state index is 8.84. The van der Waals surface area contributed by atoms with E-state index in [1.807, 2.05) is 24.3 Å². The SMILES string of the molecule is CCc1ccccc1-c1nc(CO)no1. The molecule has 0 atom stereocenters. The molecule has 0 unspecified atom stereocenters. The zero-order valence-corrected chi connectivity index (χ0v) is 8.47. The van der Waals surface area contributed by atoms with E-state index in [4.69, 9.17) is 9.63 Å². The second kappa shape index (κ2) is 4.23. The highest BCUT2D eigenvalue weighted by molar-refractivity contribution is 5.58. The molecule has 0 bridgehead atoms. The number of aryl methyl sites for hydroxylation is 1. The molecule has 4 nitrogen and oxygen atoms in total. The molecule has 0 saturated carbocycles. The number of hydrogen-bond acceptors (Lipinski definition) is 4. The molecule has 78 valence electrons. The van der Waals surface area contributed by atoms with E-state index in [0.29, 0.717) is 11.7 Å². The molecule has 1 N–H and O–H groups in total. The predicted molar refractivity (Wildman–Crippen MR) is 55.0 cm³/mol. The van der Waals surface area contributed by atoms with Gasteiger partial charge in [0, 0.05) is 5.56 Å². The second-order valence-electron chi connectivity index (χ2n) is 3.18. The van der Waals surface area contributed by atoms with Crippen molar-refractivity contribution in [3.05, 3.63) is 35.7 Å². The van der Waals surface area contributed by atoms with Gasteiger partial charge in [0.05, 0.1) is 0 Å². The fourth-order valence-electron chi connectivity index (χ4n) is 1.46. The Morgan fingerprint density at radius 2 is 2.13 bits per heavy atom. The molecule has 0 aliphatic carbocycles. The Labute approximate surface area is 87.6 Å². The topological polar surface area (TPSA) is 59.2 Å². The van der Waals surface area contributed by atoms with Gasteiger partial charge in [-0.1, -0.05) is 30.3 Å². The second-order valence-corrected chi connectivity index (χ2v) is 3.18. The molecule has 2 rings (SSSR count). The van der Waals surface area contributed by atoms with Gasteiger partial charge < -0.3 is 9.63 Å². The van der Waals surface area contributed by atoms with Gasteiger partial charge in [0.1, 0.15) is 6.61 Å². The van der Waals surface area contributed by atoms with Crippen LogP contribution in [0.1, 0.15) is 18.3 Å². The van der Waals surface area contributed by atoms with Gasteiger partial charge in [-0.3, -0.25) is 0 Å². The smallest absolute Gasteiger partial charge is 0.258 e. The summed E-state index contributed by atoms with van der Waals surface area (Å²) >= 11 is 0. The number of benzene rings is 1. The first-order valence-corrected chi connectivity index (χ1v) is 4.87. The molecular weight excluding hydrogens is 192 g/mol. The molecule has 0 spiro atoms. The van der Waals surface area contributed by atoms with Crippen LogP contribution in [-0.2, 0) is 13.0 Å². The van der Waals surface area contributed by atoms with Gasteiger partial charge in [-0.25, -0.2) is 0 Å². The van der Waals surface area contributed by atoms with Crippen molar-refractivity contribution in [2.24, 2.45) is 0 Å². The first-order valence-electron chi connectivity index (χ1n) is 4.87. The van der Waals surface area contributed by atoms with Crippen LogP contribution in [0.5, 0.6) is 0 Å². The Bertz CT molecular complexity index is 451. The minimum atomic E-state index is -0.197. The van der Waals surface area contributed by atoms with Gasteiger partial charge in [0.15, 0.2) is 5.82 Å². The number of nitrogens with zero attached hydrogens (tertiary/aromatic N) is 2. The molecule has 4 heteroatoms. The van der Waals surface area contributed by atoms with E-state index in [9.17, 15) is 0 Å². The molecular formula is C11H12N2O2. The molecule has 2 aromatic rings. The monoisotopic (exact) mass is 204 g/mol. The van der Waals surface area contributed by atoms with Crippen LogP contribution in [0.25, 0.3) is 11.5 Å². The lowest BCUT2D eigenvalue weighted by molar-refractivity contribution is 0.264. The van der Waals surface area contributed by atoms with E-state index in [0.717, 1.165) is 17.5 Å². The summed E-state index contributed by atoms with van der Waals surface area (Å²) in [4.78, 5) is 4.08. The van der Waals surface area contributed by atoms with E-state index in [-0.39, 0.29) is 6.61 Å². The summed E-state index contributed by atoms with van der Waals surface area (Å²) in [6.07, 6.45) is 0.910. The quantitative estimate of drug-likeness (QED) is 0.828. The number of aromatic nitrogens is 2. The third-order valence-electron chi connectivity index (χ3n) is 2.24. The van der Waals surface area contributed by atoms with Crippen molar-refractivity contribution in [3.8, 4) is 11.5 Å². The minimum Gasteiger partial charge on any atom is -0.388 e. The Kier molecular flexibility index (Phi) is 2.78. The van der Waals surface area contributed by atoms with Crippen LogP contribution in [0.3, 0.4) is 0 Å². The third-order valence-corrected chi connectivity index (χ3v) is 2.24. The van der Waals surface area contributed by atoms with Crippen LogP contribution < -0.4 is 0 Å². The van der Waals surface area contributed by atoms with Crippen molar-refractivity contribution >= 4 is 0 Å². The van der Waals surface area contributed by atoms with Crippen LogP contribution in [0, 0.1) is 0 Å². The Morgan fingerprint density at radius 1 is 1.33 bits per heavy atom. The fraction of sp³-hybridized carbons (Fsp3) is 0.273. The highest BCUT2D eigenvalue weighted by Crippen LogP contribution is 2.22. The van der Waals surface area contributed by atoms with Gasteiger partial charge in [0.2, 0.25) is 0 Å². The zero-order chi connectivity index (χ0) is 10.7. The molecule has 1 aromatic heterocycles. The lowest BCUT2D eigenvalue weighted by Gasteiger charge is -2.01. The number of aliphatic hydroxyl groups excluding tert-OH is 1. The highest BCUT2D eigenvalue weighted by Gasteiger charge is 2.10. The molecule has 0 aliphatic rings. The third kappa shape index (κ3) is 1.89. The van der Waals surface area contributed by atoms with Gasteiger partial charge >= 0.3 is 0 Å². The van der Waals surface area contributed by atoms with Crippen LogP contribution in [0.15, 0.2) is 28.8 Å². The number of hydrogen-bond donors (Lipinski definition) is 1. The van der Waals surface area contributed by atoms with Gasteiger partial charge in [-0.05, 0) is 18.1 Å². The van der Waals surface area contributed by atoms with Crippen LogP contribution in [0.4, 0.5) is 0 Å².